The van der Waals surface area contributed by atoms with Crippen LogP contribution in [0, 0.1) is 18.3 Å². The normalized spacial score (nSPS) is 10.0. The van der Waals surface area contributed by atoms with Crippen LogP contribution in [0.3, 0.4) is 0 Å². The lowest BCUT2D eigenvalue weighted by atomic mass is 10.2. The molecule has 0 bridgehead atoms. The Morgan fingerprint density at radius 3 is 2.77 bits per heavy atom. The zero-order valence-corrected chi connectivity index (χ0v) is 8.46. The van der Waals surface area contributed by atoms with E-state index in [4.69, 9.17) is 5.26 Å². The molecule has 1 rings (SSSR count). The minimum atomic E-state index is 0.591. The Balaban J connectivity index is 2.96. The number of nitrogens with zero attached hydrogens (tertiary/aromatic N) is 3. The summed E-state index contributed by atoms with van der Waals surface area (Å²) in [5.74, 6) is 0.919. The van der Waals surface area contributed by atoms with Gasteiger partial charge in [0.1, 0.15) is 11.9 Å². The second kappa shape index (κ2) is 4.08. The molecule has 1 aromatic rings. The lowest BCUT2D eigenvalue weighted by Gasteiger charge is -2.02. The maximum atomic E-state index is 8.83. The number of hydrogen-bond acceptors (Lipinski definition) is 2. The standard InChI is InChI=1S/C10H15N3/c1-4-5-6-10-9(7-11)12-8(2)13(10)3/h4-6H2,1-3H3. The van der Waals surface area contributed by atoms with Crippen LogP contribution >= 0.6 is 0 Å². The summed E-state index contributed by atoms with van der Waals surface area (Å²) in [5.41, 5.74) is 1.66. The highest BCUT2D eigenvalue weighted by molar-refractivity contribution is 5.28. The summed E-state index contributed by atoms with van der Waals surface area (Å²) >= 11 is 0. The minimum Gasteiger partial charge on any atom is -0.334 e. The third kappa shape index (κ3) is 1.89. The first kappa shape index (κ1) is 9.79. The Morgan fingerprint density at radius 1 is 1.54 bits per heavy atom. The third-order valence-corrected chi connectivity index (χ3v) is 2.31. The summed E-state index contributed by atoms with van der Waals surface area (Å²) in [6.45, 7) is 4.07. The molecule has 0 radical (unpaired) electrons. The lowest BCUT2D eigenvalue weighted by Crippen LogP contribution is -1.99. The van der Waals surface area contributed by atoms with Gasteiger partial charge in [-0.25, -0.2) is 4.98 Å². The van der Waals surface area contributed by atoms with E-state index in [1.165, 1.54) is 0 Å². The molecule has 1 heterocycles. The van der Waals surface area contributed by atoms with Gasteiger partial charge in [0.2, 0.25) is 0 Å². The highest BCUT2D eigenvalue weighted by Crippen LogP contribution is 2.11. The Labute approximate surface area is 79.0 Å². The number of hydrogen-bond donors (Lipinski definition) is 0. The summed E-state index contributed by atoms with van der Waals surface area (Å²) in [7, 11) is 1.97. The van der Waals surface area contributed by atoms with Gasteiger partial charge in [-0.3, -0.25) is 0 Å². The van der Waals surface area contributed by atoms with Gasteiger partial charge in [0, 0.05) is 7.05 Å². The number of nitriles is 1. The highest BCUT2D eigenvalue weighted by Gasteiger charge is 2.10. The maximum absolute atomic E-state index is 8.83. The SMILES string of the molecule is CCCCc1c(C#N)nc(C)n1C. The van der Waals surface area contributed by atoms with E-state index < -0.39 is 0 Å². The quantitative estimate of drug-likeness (QED) is 0.708. The van der Waals surface area contributed by atoms with Crippen molar-refractivity contribution in [3.8, 4) is 6.07 Å². The van der Waals surface area contributed by atoms with Gasteiger partial charge in [0.25, 0.3) is 0 Å². The molecular formula is C10H15N3. The van der Waals surface area contributed by atoms with E-state index in [2.05, 4.69) is 18.0 Å². The molecule has 0 saturated carbocycles. The molecule has 1 aromatic heterocycles. The molecule has 70 valence electrons. The summed E-state index contributed by atoms with van der Waals surface area (Å²) in [4.78, 5) is 4.18. The van der Waals surface area contributed by atoms with Gasteiger partial charge in [-0.05, 0) is 19.8 Å². The number of unbranched alkanes of at least 4 members (excludes halogenated alkanes) is 1. The fourth-order valence-corrected chi connectivity index (χ4v) is 1.38. The van der Waals surface area contributed by atoms with E-state index in [0.717, 1.165) is 30.8 Å². The van der Waals surface area contributed by atoms with Gasteiger partial charge in [-0.15, -0.1) is 0 Å². The van der Waals surface area contributed by atoms with Crippen molar-refractivity contribution in [1.82, 2.24) is 9.55 Å². The predicted molar refractivity (Wildman–Crippen MR) is 51.3 cm³/mol. The van der Waals surface area contributed by atoms with E-state index >= 15 is 0 Å². The van der Waals surface area contributed by atoms with Gasteiger partial charge in [-0.2, -0.15) is 5.26 Å². The van der Waals surface area contributed by atoms with Crippen LogP contribution < -0.4 is 0 Å². The Hall–Kier alpha value is -1.30. The molecule has 0 aliphatic rings. The molecule has 3 nitrogen and oxygen atoms in total. The maximum Gasteiger partial charge on any atom is 0.161 e. The van der Waals surface area contributed by atoms with Crippen LogP contribution in [0.1, 0.15) is 37.0 Å². The zero-order chi connectivity index (χ0) is 9.84. The second-order valence-corrected chi connectivity index (χ2v) is 3.23. The van der Waals surface area contributed by atoms with Crippen molar-refractivity contribution in [2.24, 2.45) is 7.05 Å². The zero-order valence-electron chi connectivity index (χ0n) is 8.46. The van der Waals surface area contributed by atoms with Gasteiger partial charge < -0.3 is 4.57 Å². The van der Waals surface area contributed by atoms with Crippen LogP contribution in [-0.4, -0.2) is 9.55 Å². The molecule has 0 spiro atoms. The highest BCUT2D eigenvalue weighted by atomic mass is 15.1. The van der Waals surface area contributed by atoms with Crippen molar-refractivity contribution in [1.29, 1.82) is 5.26 Å². The van der Waals surface area contributed by atoms with Crippen LogP contribution in [0.5, 0.6) is 0 Å². The van der Waals surface area contributed by atoms with Gasteiger partial charge >= 0.3 is 0 Å². The minimum absolute atomic E-state index is 0.591. The number of aromatic nitrogens is 2. The molecule has 0 aliphatic carbocycles. The van der Waals surface area contributed by atoms with E-state index in [9.17, 15) is 0 Å². The van der Waals surface area contributed by atoms with Gasteiger partial charge in [0.05, 0.1) is 5.69 Å². The van der Waals surface area contributed by atoms with Crippen molar-refractivity contribution < 1.29 is 0 Å². The van der Waals surface area contributed by atoms with Crippen LogP contribution in [0.25, 0.3) is 0 Å². The average molecular weight is 177 g/mol. The lowest BCUT2D eigenvalue weighted by molar-refractivity contribution is 0.720. The monoisotopic (exact) mass is 177 g/mol. The van der Waals surface area contributed by atoms with Crippen molar-refractivity contribution in [3.05, 3.63) is 17.2 Å². The molecule has 3 heteroatoms. The Bertz CT molecular complexity index is 331. The second-order valence-electron chi connectivity index (χ2n) is 3.23. The molecule has 0 unspecified atom stereocenters. The van der Waals surface area contributed by atoms with E-state index in [1.807, 2.05) is 18.5 Å². The fraction of sp³-hybridized carbons (Fsp3) is 0.600. The molecule has 0 amide bonds. The largest absolute Gasteiger partial charge is 0.334 e. The van der Waals surface area contributed by atoms with Crippen LogP contribution in [0.15, 0.2) is 0 Å². The number of aryl methyl sites for hydroxylation is 1. The third-order valence-electron chi connectivity index (χ3n) is 2.31. The molecule has 13 heavy (non-hydrogen) atoms. The van der Waals surface area contributed by atoms with E-state index in [1.54, 1.807) is 0 Å². The van der Waals surface area contributed by atoms with E-state index in [0.29, 0.717) is 5.69 Å². The number of rotatable bonds is 3. The molecule has 0 aromatic carbocycles. The Morgan fingerprint density at radius 2 is 2.23 bits per heavy atom. The summed E-state index contributed by atoms with van der Waals surface area (Å²) in [6, 6.07) is 2.13. The first-order valence-corrected chi connectivity index (χ1v) is 4.63. The predicted octanol–water partition coefficient (Wildman–Crippen LogP) is 1.94. The molecular weight excluding hydrogens is 162 g/mol. The molecule has 0 saturated heterocycles. The van der Waals surface area contributed by atoms with Crippen LogP contribution in [-0.2, 0) is 13.5 Å². The van der Waals surface area contributed by atoms with Crippen molar-refractivity contribution in [2.75, 3.05) is 0 Å². The average Bonchev–Trinajstić information content (AvgIpc) is 2.40. The Kier molecular flexibility index (Phi) is 3.07. The summed E-state index contributed by atoms with van der Waals surface area (Å²) in [6.07, 6.45) is 3.22. The molecule has 0 aliphatic heterocycles. The summed E-state index contributed by atoms with van der Waals surface area (Å²) < 4.78 is 2.01. The van der Waals surface area contributed by atoms with Crippen LogP contribution in [0.2, 0.25) is 0 Å². The van der Waals surface area contributed by atoms with Crippen molar-refractivity contribution in [2.45, 2.75) is 33.1 Å². The van der Waals surface area contributed by atoms with E-state index in [-0.39, 0.29) is 0 Å². The van der Waals surface area contributed by atoms with Crippen molar-refractivity contribution >= 4 is 0 Å². The fourth-order valence-electron chi connectivity index (χ4n) is 1.38. The molecule has 0 fully saturated rings. The first-order chi connectivity index (χ1) is 6.20. The van der Waals surface area contributed by atoms with Gasteiger partial charge in [-0.1, -0.05) is 13.3 Å². The smallest absolute Gasteiger partial charge is 0.161 e. The van der Waals surface area contributed by atoms with Crippen LogP contribution in [0.4, 0.5) is 0 Å². The molecule has 0 N–H and O–H groups in total. The van der Waals surface area contributed by atoms with Gasteiger partial charge in [0.15, 0.2) is 5.69 Å². The first-order valence-electron chi connectivity index (χ1n) is 4.63. The number of imidazole rings is 1. The molecule has 0 atom stereocenters. The summed E-state index contributed by atoms with van der Waals surface area (Å²) in [5, 5.41) is 8.83. The van der Waals surface area contributed by atoms with Crippen molar-refractivity contribution in [3.63, 3.8) is 0 Å². The topological polar surface area (TPSA) is 41.6 Å².